The zero-order valence-electron chi connectivity index (χ0n) is 10.7. The smallest absolute Gasteiger partial charge is 0.316 e. The van der Waals surface area contributed by atoms with Gasteiger partial charge in [0.05, 0.1) is 16.7 Å². The van der Waals surface area contributed by atoms with E-state index in [4.69, 9.17) is 37.1 Å². The average molecular weight is 349 g/mol. The van der Waals surface area contributed by atoms with Crippen molar-refractivity contribution in [2.24, 2.45) is 0 Å². The summed E-state index contributed by atoms with van der Waals surface area (Å²) in [6.45, 7) is -0.0755. The number of nitrogens with zero attached hydrogens (tertiary/aromatic N) is 2. The first-order valence-electron chi connectivity index (χ1n) is 6.21. The minimum atomic E-state index is -3.05. The van der Waals surface area contributed by atoms with Crippen molar-refractivity contribution in [1.29, 1.82) is 0 Å². The maximum Gasteiger partial charge on any atom is 0.316 e. The van der Waals surface area contributed by atoms with Crippen LogP contribution in [-0.2, 0) is 15.7 Å². The molecule has 1 aliphatic rings. The van der Waals surface area contributed by atoms with Gasteiger partial charge in [-0.05, 0) is 12.8 Å². The molecule has 3 rings (SSSR count). The largest absolute Gasteiger partial charge is 0.360 e. The normalized spacial score (nSPS) is 16.1. The SMILES string of the molecule is O=[PH](O)OCc1c(-c2c(Cl)cncc2Cl)noc1C1CC1. The maximum atomic E-state index is 10.8. The molecule has 9 heteroatoms. The predicted molar refractivity (Wildman–Crippen MR) is 77.7 cm³/mol. The fourth-order valence-electron chi connectivity index (χ4n) is 2.10. The highest BCUT2D eigenvalue weighted by Crippen LogP contribution is 2.46. The topological polar surface area (TPSA) is 85.5 Å². The quantitative estimate of drug-likeness (QED) is 0.826. The van der Waals surface area contributed by atoms with Crippen LogP contribution in [0.25, 0.3) is 11.3 Å². The summed E-state index contributed by atoms with van der Waals surface area (Å²) in [7, 11) is -3.05. The van der Waals surface area contributed by atoms with Gasteiger partial charge in [0, 0.05) is 29.4 Å². The van der Waals surface area contributed by atoms with E-state index in [-0.39, 0.29) is 12.5 Å². The second kappa shape index (κ2) is 6.07. The van der Waals surface area contributed by atoms with Crippen LogP contribution in [0.2, 0.25) is 10.0 Å². The summed E-state index contributed by atoms with van der Waals surface area (Å²) in [6, 6.07) is 0. The molecule has 1 aliphatic carbocycles. The van der Waals surface area contributed by atoms with E-state index in [1.807, 2.05) is 0 Å². The third kappa shape index (κ3) is 3.15. The molecule has 1 atom stereocenters. The van der Waals surface area contributed by atoms with Crippen molar-refractivity contribution >= 4 is 31.5 Å². The van der Waals surface area contributed by atoms with Gasteiger partial charge in [0.2, 0.25) is 0 Å². The molecule has 2 aromatic rings. The van der Waals surface area contributed by atoms with E-state index in [0.717, 1.165) is 12.8 Å². The van der Waals surface area contributed by atoms with Crippen LogP contribution in [0.4, 0.5) is 0 Å². The van der Waals surface area contributed by atoms with Crippen molar-refractivity contribution in [3.05, 3.63) is 33.8 Å². The number of pyridine rings is 1. The fraction of sp³-hybridized carbons (Fsp3) is 0.333. The Morgan fingerprint density at radius 3 is 2.62 bits per heavy atom. The molecular formula is C12H11Cl2N2O4P. The summed E-state index contributed by atoms with van der Waals surface area (Å²) in [5.74, 6) is 0.933. The summed E-state index contributed by atoms with van der Waals surface area (Å²) in [4.78, 5) is 12.8. The first kappa shape index (κ1) is 15.0. The van der Waals surface area contributed by atoms with Crippen molar-refractivity contribution in [2.75, 3.05) is 0 Å². The van der Waals surface area contributed by atoms with Crippen molar-refractivity contribution in [3.8, 4) is 11.3 Å². The van der Waals surface area contributed by atoms with E-state index in [1.54, 1.807) is 0 Å². The molecule has 1 N–H and O–H groups in total. The van der Waals surface area contributed by atoms with Gasteiger partial charge in [0.15, 0.2) is 0 Å². The molecule has 0 saturated heterocycles. The molecule has 2 aromatic heterocycles. The van der Waals surface area contributed by atoms with Crippen molar-refractivity contribution < 1.29 is 18.5 Å². The van der Waals surface area contributed by atoms with Gasteiger partial charge >= 0.3 is 8.25 Å². The number of hydrogen-bond donors (Lipinski definition) is 1. The minimum absolute atomic E-state index is 0.0755. The Bertz CT molecular complexity index is 682. The highest BCUT2D eigenvalue weighted by atomic mass is 35.5. The van der Waals surface area contributed by atoms with Gasteiger partial charge in [0.1, 0.15) is 11.5 Å². The molecule has 0 amide bonds. The lowest BCUT2D eigenvalue weighted by Gasteiger charge is -2.06. The standard InChI is InChI=1S/C12H11Cl2N2O4P/c13-8-3-15-4-9(14)10(8)11-7(5-19-21(17)18)12(20-16-11)6-1-2-6/h3-4,6,21H,1-2,5H2,(H,17,18). The zero-order chi connectivity index (χ0) is 15.0. The molecule has 0 spiro atoms. The molecule has 21 heavy (non-hydrogen) atoms. The number of halogens is 2. The van der Waals surface area contributed by atoms with Crippen LogP contribution in [0, 0.1) is 0 Å². The van der Waals surface area contributed by atoms with E-state index in [1.165, 1.54) is 12.4 Å². The Morgan fingerprint density at radius 1 is 1.38 bits per heavy atom. The van der Waals surface area contributed by atoms with Crippen LogP contribution in [0.3, 0.4) is 0 Å². The number of rotatable bonds is 5. The summed E-state index contributed by atoms with van der Waals surface area (Å²) < 4.78 is 21.0. The Hall–Kier alpha value is -0.910. The number of aromatic nitrogens is 2. The summed E-state index contributed by atoms with van der Waals surface area (Å²) in [6.07, 6.45) is 4.89. The monoisotopic (exact) mass is 348 g/mol. The second-order valence-corrected chi connectivity index (χ2v) is 6.32. The van der Waals surface area contributed by atoms with Crippen LogP contribution >= 0.6 is 31.5 Å². The molecule has 0 radical (unpaired) electrons. The summed E-state index contributed by atoms with van der Waals surface area (Å²) in [5.41, 5.74) is 1.53. The van der Waals surface area contributed by atoms with Crippen LogP contribution in [0.5, 0.6) is 0 Å². The Morgan fingerprint density at radius 2 is 2.05 bits per heavy atom. The minimum Gasteiger partial charge on any atom is -0.360 e. The van der Waals surface area contributed by atoms with Gasteiger partial charge in [-0.2, -0.15) is 0 Å². The van der Waals surface area contributed by atoms with Gasteiger partial charge in [-0.1, -0.05) is 28.4 Å². The molecule has 1 unspecified atom stereocenters. The molecule has 1 fully saturated rings. The Kier molecular flexibility index (Phi) is 4.33. The molecule has 0 aromatic carbocycles. The zero-order valence-corrected chi connectivity index (χ0v) is 13.2. The van der Waals surface area contributed by atoms with E-state index < -0.39 is 8.25 Å². The second-order valence-electron chi connectivity index (χ2n) is 4.68. The van der Waals surface area contributed by atoms with Gasteiger partial charge in [0.25, 0.3) is 0 Å². The fourth-order valence-corrected chi connectivity index (χ4v) is 2.91. The molecular weight excluding hydrogens is 338 g/mol. The molecule has 6 nitrogen and oxygen atoms in total. The molecule has 0 aliphatic heterocycles. The summed E-state index contributed by atoms with van der Waals surface area (Å²) in [5, 5.41) is 4.68. The lowest BCUT2D eigenvalue weighted by Crippen LogP contribution is -1.94. The summed E-state index contributed by atoms with van der Waals surface area (Å²) >= 11 is 12.3. The lowest BCUT2D eigenvalue weighted by molar-refractivity contribution is 0.269. The van der Waals surface area contributed by atoms with Crippen LogP contribution in [0.1, 0.15) is 30.1 Å². The third-order valence-electron chi connectivity index (χ3n) is 3.20. The maximum absolute atomic E-state index is 10.8. The van der Waals surface area contributed by atoms with Crippen molar-refractivity contribution in [2.45, 2.75) is 25.4 Å². The highest BCUT2D eigenvalue weighted by Gasteiger charge is 2.33. The van der Waals surface area contributed by atoms with Crippen LogP contribution in [0.15, 0.2) is 16.9 Å². The van der Waals surface area contributed by atoms with E-state index in [2.05, 4.69) is 10.1 Å². The Labute approximate surface area is 131 Å². The van der Waals surface area contributed by atoms with Crippen LogP contribution in [-0.4, -0.2) is 15.0 Å². The predicted octanol–water partition coefficient (Wildman–Crippen LogP) is 3.82. The molecule has 112 valence electrons. The van der Waals surface area contributed by atoms with E-state index in [0.29, 0.717) is 32.6 Å². The van der Waals surface area contributed by atoms with Crippen LogP contribution < -0.4 is 0 Å². The lowest BCUT2D eigenvalue weighted by atomic mass is 10.1. The van der Waals surface area contributed by atoms with Gasteiger partial charge < -0.3 is 13.9 Å². The first-order chi connectivity index (χ1) is 10.1. The average Bonchev–Trinajstić information content (AvgIpc) is 3.18. The molecule has 2 heterocycles. The third-order valence-corrected chi connectivity index (χ3v) is 4.16. The van der Waals surface area contributed by atoms with Gasteiger partial charge in [-0.25, -0.2) is 0 Å². The van der Waals surface area contributed by atoms with Gasteiger partial charge in [-0.3, -0.25) is 9.55 Å². The van der Waals surface area contributed by atoms with Crippen molar-refractivity contribution in [1.82, 2.24) is 10.1 Å². The first-order valence-corrected chi connectivity index (χ1v) is 8.23. The number of hydrogen-bond acceptors (Lipinski definition) is 5. The van der Waals surface area contributed by atoms with E-state index in [9.17, 15) is 4.57 Å². The molecule has 0 bridgehead atoms. The van der Waals surface area contributed by atoms with Crippen molar-refractivity contribution in [3.63, 3.8) is 0 Å². The van der Waals surface area contributed by atoms with E-state index >= 15 is 0 Å². The highest BCUT2D eigenvalue weighted by molar-refractivity contribution is 7.32. The van der Waals surface area contributed by atoms with Gasteiger partial charge in [-0.15, -0.1) is 0 Å². The molecule has 1 saturated carbocycles. The Balaban J connectivity index is 2.07.